The second-order valence-electron chi connectivity index (χ2n) is 5.78. The first-order valence-corrected chi connectivity index (χ1v) is 8.34. The topological polar surface area (TPSA) is 113 Å². The van der Waals surface area contributed by atoms with Crippen molar-refractivity contribution in [2.45, 2.75) is 38.9 Å². The Morgan fingerprint density at radius 3 is 1.96 bits per heavy atom. The SMILES string of the molecule is CC(N)COCCNC(C)COCCNOCCOCC(C)N. The quantitative estimate of drug-likeness (QED) is 0.202. The van der Waals surface area contributed by atoms with Gasteiger partial charge in [-0.1, -0.05) is 0 Å². The highest BCUT2D eigenvalue weighted by atomic mass is 16.7. The van der Waals surface area contributed by atoms with Gasteiger partial charge in [0.1, 0.15) is 0 Å². The smallest absolute Gasteiger partial charge is 0.0916 e. The van der Waals surface area contributed by atoms with Crippen molar-refractivity contribution in [3.05, 3.63) is 0 Å². The van der Waals surface area contributed by atoms with E-state index < -0.39 is 0 Å². The van der Waals surface area contributed by atoms with Crippen LogP contribution in [0.2, 0.25) is 0 Å². The fourth-order valence-corrected chi connectivity index (χ4v) is 1.59. The van der Waals surface area contributed by atoms with Crippen LogP contribution >= 0.6 is 0 Å². The lowest BCUT2D eigenvalue weighted by Crippen LogP contribution is -2.35. The highest BCUT2D eigenvalue weighted by Crippen LogP contribution is 1.85. The number of hydrogen-bond donors (Lipinski definition) is 4. The van der Waals surface area contributed by atoms with Gasteiger partial charge in [-0.15, -0.1) is 0 Å². The zero-order valence-electron chi connectivity index (χ0n) is 14.9. The Labute approximate surface area is 140 Å². The first-order chi connectivity index (χ1) is 11.0. The molecule has 6 N–H and O–H groups in total. The van der Waals surface area contributed by atoms with Gasteiger partial charge in [-0.3, -0.25) is 4.84 Å². The minimum atomic E-state index is 0.0581. The van der Waals surface area contributed by atoms with Crippen molar-refractivity contribution in [1.82, 2.24) is 10.8 Å². The van der Waals surface area contributed by atoms with Gasteiger partial charge < -0.3 is 31.0 Å². The Bertz CT molecular complexity index is 246. The van der Waals surface area contributed by atoms with E-state index in [9.17, 15) is 0 Å². The molecule has 0 bridgehead atoms. The molecule has 0 fully saturated rings. The number of hydroxylamine groups is 1. The zero-order valence-corrected chi connectivity index (χ0v) is 14.9. The maximum atomic E-state index is 5.59. The van der Waals surface area contributed by atoms with Gasteiger partial charge in [0.25, 0.3) is 0 Å². The Hall–Kier alpha value is -0.320. The van der Waals surface area contributed by atoms with E-state index in [1.807, 2.05) is 13.8 Å². The molecule has 0 saturated carbocycles. The lowest BCUT2D eigenvalue weighted by molar-refractivity contribution is -0.0170. The average molecular weight is 336 g/mol. The van der Waals surface area contributed by atoms with Crippen LogP contribution in [0, 0.1) is 0 Å². The van der Waals surface area contributed by atoms with Crippen molar-refractivity contribution < 1.29 is 19.0 Å². The van der Waals surface area contributed by atoms with E-state index in [2.05, 4.69) is 17.7 Å². The van der Waals surface area contributed by atoms with E-state index in [-0.39, 0.29) is 18.1 Å². The summed E-state index contributed by atoms with van der Waals surface area (Å²) in [6, 6.07) is 0.422. The predicted octanol–water partition coefficient (Wildman–Crippen LogP) is -0.770. The third kappa shape index (κ3) is 19.6. The van der Waals surface area contributed by atoms with E-state index in [0.29, 0.717) is 52.8 Å². The predicted molar refractivity (Wildman–Crippen MR) is 91.2 cm³/mol. The molecule has 23 heavy (non-hydrogen) atoms. The van der Waals surface area contributed by atoms with Crippen LogP contribution in [0.1, 0.15) is 20.8 Å². The summed E-state index contributed by atoms with van der Waals surface area (Å²) in [5.74, 6) is 0. The van der Waals surface area contributed by atoms with Crippen LogP contribution in [0.25, 0.3) is 0 Å². The second kappa shape index (κ2) is 16.5. The molecule has 0 aliphatic heterocycles. The van der Waals surface area contributed by atoms with Gasteiger partial charge in [-0.25, -0.2) is 5.48 Å². The van der Waals surface area contributed by atoms with E-state index in [4.69, 9.17) is 30.5 Å². The van der Waals surface area contributed by atoms with Crippen molar-refractivity contribution in [1.29, 1.82) is 0 Å². The van der Waals surface area contributed by atoms with E-state index >= 15 is 0 Å². The van der Waals surface area contributed by atoms with Gasteiger partial charge in [0.15, 0.2) is 0 Å². The molecule has 0 saturated heterocycles. The normalized spacial score (nSPS) is 15.5. The second-order valence-corrected chi connectivity index (χ2v) is 5.78. The van der Waals surface area contributed by atoms with Gasteiger partial charge in [0, 0.05) is 31.2 Å². The highest BCUT2D eigenvalue weighted by Gasteiger charge is 2.01. The molecule has 0 radical (unpaired) electrons. The fraction of sp³-hybridized carbons (Fsp3) is 1.00. The molecule has 3 unspecified atom stereocenters. The third-order valence-corrected chi connectivity index (χ3v) is 2.65. The van der Waals surface area contributed by atoms with Crippen LogP contribution in [-0.4, -0.2) is 77.5 Å². The van der Waals surface area contributed by atoms with Crippen molar-refractivity contribution in [2.24, 2.45) is 11.5 Å². The summed E-state index contributed by atoms with van der Waals surface area (Å²) in [6.45, 7) is 11.4. The van der Waals surface area contributed by atoms with Crippen molar-refractivity contribution in [2.75, 3.05) is 59.3 Å². The fourth-order valence-electron chi connectivity index (χ4n) is 1.59. The first kappa shape index (κ1) is 22.7. The Morgan fingerprint density at radius 1 is 0.739 bits per heavy atom. The monoisotopic (exact) mass is 336 g/mol. The molecule has 0 aliphatic carbocycles. The summed E-state index contributed by atoms with van der Waals surface area (Å²) in [4.78, 5) is 5.20. The number of nitrogens with one attached hydrogen (secondary N) is 2. The molecule has 0 heterocycles. The molecule has 8 nitrogen and oxygen atoms in total. The van der Waals surface area contributed by atoms with Crippen LogP contribution < -0.4 is 22.3 Å². The standard InChI is InChI=1S/C15H36N4O4/c1-13(16)10-20-6-4-18-15(3)12-21-7-5-19-23-9-8-22-11-14(2)17/h13-15,18-19H,4-12,16-17H2,1-3H3. The summed E-state index contributed by atoms with van der Waals surface area (Å²) in [5, 5.41) is 3.32. The maximum absolute atomic E-state index is 5.59. The Balaban J connectivity index is 3.16. The summed E-state index contributed by atoms with van der Waals surface area (Å²) in [7, 11) is 0. The number of hydrogen-bond acceptors (Lipinski definition) is 8. The molecule has 0 spiro atoms. The minimum Gasteiger partial charge on any atom is -0.379 e. The molecule has 0 aromatic heterocycles. The van der Waals surface area contributed by atoms with E-state index in [1.54, 1.807) is 0 Å². The third-order valence-electron chi connectivity index (χ3n) is 2.65. The molecular weight excluding hydrogens is 300 g/mol. The summed E-state index contributed by atoms with van der Waals surface area (Å²) >= 11 is 0. The molecule has 0 aromatic rings. The Kier molecular flexibility index (Phi) is 16.3. The zero-order chi connectivity index (χ0) is 17.3. The van der Waals surface area contributed by atoms with Gasteiger partial charge in [-0.2, -0.15) is 0 Å². The van der Waals surface area contributed by atoms with Gasteiger partial charge in [-0.05, 0) is 20.8 Å². The molecule has 0 aliphatic rings. The molecule has 0 aromatic carbocycles. The maximum Gasteiger partial charge on any atom is 0.0916 e. The molecule has 140 valence electrons. The van der Waals surface area contributed by atoms with Crippen LogP contribution in [-0.2, 0) is 19.0 Å². The summed E-state index contributed by atoms with van der Waals surface area (Å²) in [5.41, 5.74) is 14.0. The van der Waals surface area contributed by atoms with Gasteiger partial charge in [0.05, 0.1) is 46.2 Å². The van der Waals surface area contributed by atoms with Crippen molar-refractivity contribution >= 4 is 0 Å². The number of nitrogens with two attached hydrogens (primary N) is 2. The van der Waals surface area contributed by atoms with Crippen LogP contribution in [0.15, 0.2) is 0 Å². The molecular formula is C15H36N4O4. The minimum absolute atomic E-state index is 0.0581. The summed E-state index contributed by atoms with van der Waals surface area (Å²) in [6.07, 6.45) is 0. The molecule has 3 atom stereocenters. The number of ether oxygens (including phenoxy) is 3. The van der Waals surface area contributed by atoms with Crippen LogP contribution in [0.4, 0.5) is 0 Å². The van der Waals surface area contributed by atoms with Gasteiger partial charge in [0.2, 0.25) is 0 Å². The van der Waals surface area contributed by atoms with E-state index in [1.165, 1.54) is 0 Å². The lowest BCUT2D eigenvalue weighted by Gasteiger charge is -2.15. The highest BCUT2D eigenvalue weighted by molar-refractivity contribution is 4.59. The molecule has 0 rings (SSSR count). The Morgan fingerprint density at radius 2 is 1.30 bits per heavy atom. The van der Waals surface area contributed by atoms with Crippen LogP contribution in [0.5, 0.6) is 0 Å². The lowest BCUT2D eigenvalue weighted by atomic mass is 10.3. The van der Waals surface area contributed by atoms with Crippen LogP contribution in [0.3, 0.4) is 0 Å². The largest absolute Gasteiger partial charge is 0.379 e. The van der Waals surface area contributed by atoms with Crippen molar-refractivity contribution in [3.63, 3.8) is 0 Å². The molecule has 0 amide bonds. The average Bonchev–Trinajstić information content (AvgIpc) is 2.48. The van der Waals surface area contributed by atoms with E-state index in [0.717, 1.165) is 6.54 Å². The van der Waals surface area contributed by atoms with Crippen molar-refractivity contribution in [3.8, 4) is 0 Å². The number of rotatable bonds is 17. The first-order valence-electron chi connectivity index (χ1n) is 8.34. The van der Waals surface area contributed by atoms with Gasteiger partial charge >= 0.3 is 0 Å². The summed E-state index contributed by atoms with van der Waals surface area (Å²) < 4.78 is 16.2. The molecule has 8 heteroatoms.